The molecule has 1 aliphatic heterocycles. The smallest absolute Gasteiger partial charge is 0.317 e. The second kappa shape index (κ2) is 6.82. The van der Waals surface area contributed by atoms with Crippen LogP contribution in [0.1, 0.15) is 36.0 Å². The van der Waals surface area contributed by atoms with Crippen LogP contribution in [0.15, 0.2) is 48.8 Å². The lowest BCUT2D eigenvalue weighted by Crippen LogP contribution is -2.42. The van der Waals surface area contributed by atoms with Gasteiger partial charge in [0, 0.05) is 37.4 Å². The van der Waals surface area contributed by atoms with Crippen molar-refractivity contribution in [2.45, 2.75) is 38.8 Å². The van der Waals surface area contributed by atoms with Gasteiger partial charge in [0.15, 0.2) is 0 Å². The molecule has 2 amide bonds. The number of hydrogen-bond donors (Lipinski definition) is 1. The van der Waals surface area contributed by atoms with E-state index < -0.39 is 0 Å². The number of pyridine rings is 1. The number of benzene rings is 1. The van der Waals surface area contributed by atoms with Gasteiger partial charge in [-0.1, -0.05) is 36.4 Å². The number of aryl methyl sites for hydroxylation is 1. The molecule has 1 fully saturated rings. The number of rotatable bonds is 3. The number of hydrogen-bond acceptors (Lipinski definition) is 2. The Kier molecular flexibility index (Phi) is 4.60. The first kappa shape index (κ1) is 15.5. The number of nitrogens with one attached hydrogen (secondary N) is 1. The van der Waals surface area contributed by atoms with Crippen LogP contribution in [0, 0.1) is 6.92 Å². The SMILES string of the molecule is Cc1cncc(CNC(=O)N2CC[C@H](c3ccccc3)[C@@H]2C)c1. The van der Waals surface area contributed by atoms with Gasteiger partial charge in [-0.05, 0) is 37.0 Å². The summed E-state index contributed by atoms with van der Waals surface area (Å²) in [6.07, 6.45) is 4.64. The fraction of sp³-hybridized carbons (Fsp3) is 0.368. The van der Waals surface area contributed by atoms with Gasteiger partial charge in [0.2, 0.25) is 0 Å². The van der Waals surface area contributed by atoms with E-state index in [-0.39, 0.29) is 12.1 Å². The van der Waals surface area contributed by atoms with E-state index in [9.17, 15) is 4.79 Å². The number of urea groups is 1. The average molecular weight is 309 g/mol. The third-order valence-corrected chi connectivity index (χ3v) is 4.62. The number of likely N-dealkylation sites (tertiary alicyclic amines) is 1. The minimum atomic E-state index is 0.0115. The second-order valence-electron chi connectivity index (χ2n) is 6.27. The van der Waals surface area contributed by atoms with Crippen LogP contribution in [0.2, 0.25) is 0 Å². The van der Waals surface area contributed by atoms with Gasteiger partial charge in [-0.3, -0.25) is 4.98 Å². The topological polar surface area (TPSA) is 45.2 Å². The first-order chi connectivity index (χ1) is 11.1. The third-order valence-electron chi connectivity index (χ3n) is 4.62. The Hall–Kier alpha value is -2.36. The van der Waals surface area contributed by atoms with Crippen molar-refractivity contribution in [2.24, 2.45) is 0 Å². The molecule has 2 heterocycles. The predicted octanol–water partition coefficient (Wildman–Crippen LogP) is 3.48. The zero-order valence-corrected chi connectivity index (χ0v) is 13.7. The molecule has 1 aliphatic rings. The van der Waals surface area contributed by atoms with Gasteiger partial charge in [-0.15, -0.1) is 0 Å². The highest BCUT2D eigenvalue weighted by Crippen LogP contribution is 2.33. The summed E-state index contributed by atoms with van der Waals surface area (Å²) in [5, 5.41) is 3.02. The number of carbonyl (C=O) groups excluding carboxylic acids is 1. The number of amides is 2. The number of aromatic nitrogens is 1. The molecule has 23 heavy (non-hydrogen) atoms. The van der Waals surface area contributed by atoms with Crippen LogP contribution in [0.25, 0.3) is 0 Å². The molecule has 0 radical (unpaired) electrons. The fourth-order valence-electron chi connectivity index (χ4n) is 3.37. The second-order valence-corrected chi connectivity index (χ2v) is 6.27. The third kappa shape index (κ3) is 3.52. The highest BCUT2D eigenvalue weighted by molar-refractivity contribution is 5.75. The van der Waals surface area contributed by atoms with Crippen molar-refractivity contribution in [1.82, 2.24) is 15.2 Å². The van der Waals surface area contributed by atoms with E-state index in [4.69, 9.17) is 0 Å². The Morgan fingerprint density at radius 3 is 2.83 bits per heavy atom. The lowest BCUT2D eigenvalue weighted by Gasteiger charge is -2.25. The molecule has 1 saturated heterocycles. The molecule has 2 aromatic rings. The zero-order valence-electron chi connectivity index (χ0n) is 13.7. The van der Waals surface area contributed by atoms with Gasteiger partial charge in [-0.2, -0.15) is 0 Å². The normalized spacial score (nSPS) is 20.5. The largest absolute Gasteiger partial charge is 0.334 e. The van der Waals surface area contributed by atoms with E-state index in [1.54, 1.807) is 6.20 Å². The minimum absolute atomic E-state index is 0.0115. The highest BCUT2D eigenvalue weighted by atomic mass is 16.2. The molecule has 1 N–H and O–H groups in total. The number of nitrogens with zero attached hydrogens (tertiary/aromatic N) is 2. The van der Waals surface area contributed by atoms with Gasteiger partial charge in [-0.25, -0.2) is 4.79 Å². The summed E-state index contributed by atoms with van der Waals surface area (Å²) in [5.74, 6) is 0.419. The van der Waals surface area contributed by atoms with Crippen LogP contribution >= 0.6 is 0 Å². The average Bonchev–Trinajstić information content (AvgIpc) is 2.95. The monoisotopic (exact) mass is 309 g/mol. The molecule has 4 heteroatoms. The van der Waals surface area contributed by atoms with E-state index >= 15 is 0 Å². The van der Waals surface area contributed by atoms with E-state index in [0.29, 0.717) is 12.5 Å². The van der Waals surface area contributed by atoms with Crippen molar-refractivity contribution >= 4 is 6.03 Å². The maximum absolute atomic E-state index is 12.5. The van der Waals surface area contributed by atoms with Crippen LogP contribution in [0.3, 0.4) is 0 Å². The van der Waals surface area contributed by atoms with Crippen LogP contribution in [0.5, 0.6) is 0 Å². The lowest BCUT2D eigenvalue weighted by atomic mass is 9.93. The van der Waals surface area contributed by atoms with E-state index in [1.807, 2.05) is 30.2 Å². The van der Waals surface area contributed by atoms with Crippen molar-refractivity contribution in [3.05, 3.63) is 65.5 Å². The van der Waals surface area contributed by atoms with Gasteiger partial charge in [0.1, 0.15) is 0 Å². The molecule has 0 bridgehead atoms. The molecule has 120 valence electrons. The van der Waals surface area contributed by atoms with Crippen molar-refractivity contribution in [3.63, 3.8) is 0 Å². The minimum Gasteiger partial charge on any atom is -0.334 e. The molecule has 0 spiro atoms. The standard InChI is InChI=1S/C19H23N3O/c1-14-10-16(12-20-11-14)13-21-19(23)22-9-8-18(15(22)2)17-6-4-3-5-7-17/h3-7,10-12,15,18H,8-9,13H2,1-2H3,(H,21,23)/t15-,18-/m0/s1. The molecular weight excluding hydrogens is 286 g/mol. The highest BCUT2D eigenvalue weighted by Gasteiger charge is 2.34. The predicted molar refractivity (Wildman–Crippen MR) is 91.2 cm³/mol. The summed E-state index contributed by atoms with van der Waals surface area (Å²) < 4.78 is 0. The van der Waals surface area contributed by atoms with Crippen molar-refractivity contribution in [2.75, 3.05) is 6.54 Å². The molecule has 0 aliphatic carbocycles. The molecule has 0 unspecified atom stereocenters. The first-order valence-electron chi connectivity index (χ1n) is 8.15. The van der Waals surface area contributed by atoms with Crippen molar-refractivity contribution in [3.8, 4) is 0 Å². The zero-order chi connectivity index (χ0) is 16.2. The summed E-state index contributed by atoms with van der Waals surface area (Å²) >= 11 is 0. The summed E-state index contributed by atoms with van der Waals surface area (Å²) in [6, 6.07) is 12.7. The summed E-state index contributed by atoms with van der Waals surface area (Å²) in [5.41, 5.74) is 3.46. The molecule has 2 atom stereocenters. The Morgan fingerprint density at radius 1 is 1.30 bits per heavy atom. The van der Waals surface area contributed by atoms with Gasteiger partial charge >= 0.3 is 6.03 Å². The molecule has 3 rings (SSSR count). The lowest BCUT2D eigenvalue weighted by molar-refractivity contribution is 0.193. The summed E-state index contributed by atoms with van der Waals surface area (Å²) in [6.45, 7) is 5.47. The Bertz CT molecular complexity index is 671. The van der Waals surface area contributed by atoms with Crippen LogP contribution in [-0.2, 0) is 6.54 Å². The quantitative estimate of drug-likeness (QED) is 0.943. The van der Waals surface area contributed by atoms with E-state index in [2.05, 4.69) is 41.5 Å². The fourth-order valence-corrected chi connectivity index (χ4v) is 3.37. The Labute approximate surface area is 137 Å². The Morgan fingerprint density at radius 2 is 2.09 bits per heavy atom. The first-order valence-corrected chi connectivity index (χ1v) is 8.15. The van der Waals surface area contributed by atoms with Crippen LogP contribution < -0.4 is 5.32 Å². The van der Waals surface area contributed by atoms with Crippen molar-refractivity contribution < 1.29 is 4.79 Å². The van der Waals surface area contributed by atoms with Gasteiger partial charge in [0.25, 0.3) is 0 Å². The van der Waals surface area contributed by atoms with Crippen LogP contribution in [0.4, 0.5) is 4.79 Å². The maximum Gasteiger partial charge on any atom is 0.317 e. The van der Waals surface area contributed by atoms with Gasteiger partial charge < -0.3 is 10.2 Å². The summed E-state index contributed by atoms with van der Waals surface area (Å²) in [4.78, 5) is 18.6. The summed E-state index contributed by atoms with van der Waals surface area (Å²) in [7, 11) is 0. The molecule has 4 nitrogen and oxygen atoms in total. The van der Waals surface area contributed by atoms with E-state index in [0.717, 1.165) is 24.1 Å². The van der Waals surface area contributed by atoms with E-state index in [1.165, 1.54) is 5.56 Å². The molecule has 1 aromatic heterocycles. The molecule has 1 aromatic carbocycles. The maximum atomic E-state index is 12.5. The molecule has 0 saturated carbocycles. The van der Waals surface area contributed by atoms with Crippen molar-refractivity contribution in [1.29, 1.82) is 0 Å². The number of carbonyl (C=O) groups is 1. The molecular formula is C19H23N3O. The van der Waals surface area contributed by atoms with Gasteiger partial charge in [0.05, 0.1) is 0 Å². The van der Waals surface area contributed by atoms with Crippen LogP contribution in [-0.4, -0.2) is 28.5 Å². The Balaban J connectivity index is 1.60.